The van der Waals surface area contributed by atoms with Gasteiger partial charge in [-0.15, -0.1) is 0 Å². The molecule has 0 bridgehead atoms. The monoisotopic (exact) mass is 310 g/mol. The van der Waals surface area contributed by atoms with Crippen molar-refractivity contribution < 1.29 is 13.2 Å². The molecule has 2 aromatic rings. The molecule has 21 heavy (non-hydrogen) atoms. The third-order valence-electron chi connectivity index (χ3n) is 2.96. The number of hydrogen-bond acceptors (Lipinski definition) is 5. The number of aromatic nitrogens is 2. The lowest BCUT2D eigenvalue weighted by Crippen LogP contribution is -2.14. The number of methoxy groups -OCH3 is 1. The van der Waals surface area contributed by atoms with Crippen molar-refractivity contribution in [2.45, 2.75) is 24.9 Å². The molecule has 1 heterocycles. The van der Waals surface area contributed by atoms with Gasteiger partial charge >= 0.3 is 0 Å². The summed E-state index contributed by atoms with van der Waals surface area (Å²) < 4.78 is 34.2. The van der Waals surface area contributed by atoms with Crippen molar-refractivity contribution in [3.05, 3.63) is 36.2 Å². The molecule has 0 aliphatic carbocycles. The van der Waals surface area contributed by atoms with Crippen molar-refractivity contribution in [3.63, 3.8) is 0 Å². The number of benzene rings is 1. The van der Waals surface area contributed by atoms with E-state index < -0.39 is 10.0 Å². The fraction of sp³-hybridized carbons (Fsp3) is 0.308. The first-order valence-electron chi connectivity index (χ1n) is 6.42. The largest absolute Gasteiger partial charge is 0.495 e. The van der Waals surface area contributed by atoms with Crippen LogP contribution in [-0.2, 0) is 23.1 Å². The molecule has 0 saturated heterocycles. The average Bonchev–Trinajstić information content (AvgIpc) is 2.93. The topological polar surface area (TPSA) is 99.2 Å². The Morgan fingerprint density at radius 3 is 2.76 bits per heavy atom. The molecule has 3 N–H and O–H groups in total. The van der Waals surface area contributed by atoms with Gasteiger partial charge in [0.05, 0.1) is 19.0 Å². The molecule has 0 radical (unpaired) electrons. The second kappa shape index (κ2) is 6.15. The van der Waals surface area contributed by atoms with E-state index in [4.69, 9.17) is 10.5 Å². The van der Waals surface area contributed by atoms with Crippen molar-refractivity contribution in [3.8, 4) is 5.75 Å². The molecule has 0 atom stereocenters. The van der Waals surface area contributed by atoms with Crippen LogP contribution in [-0.4, -0.2) is 25.3 Å². The zero-order valence-corrected chi connectivity index (χ0v) is 12.7. The molecule has 1 aromatic carbocycles. The number of anilines is 1. The molecular formula is C13H18N4O3S. The number of hydrogen-bond donors (Lipinski definition) is 2. The Labute approximate surface area is 123 Å². The summed E-state index contributed by atoms with van der Waals surface area (Å²) in [4.78, 5) is 0.0530. The van der Waals surface area contributed by atoms with Crippen molar-refractivity contribution in [1.82, 2.24) is 9.78 Å². The number of sulfonamides is 1. The van der Waals surface area contributed by atoms with Gasteiger partial charge in [-0.1, -0.05) is 6.07 Å². The van der Waals surface area contributed by atoms with Crippen LogP contribution >= 0.6 is 0 Å². The summed E-state index contributed by atoms with van der Waals surface area (Å²) >= 11 is 0. The van der Waals surface area contributed by atoms with Crippen molar-refractivity contribution in [2.24, 2.45) is 5.73 Å². The van der Waals surface area contributed by atoms with E-state index in [-0.39, 0.29) is 17.2 Å². The van der Waals surface area contributed by atoms with Gasteiger partial charge in [0.25, 0.3) is 10.0 Å². The lowest BCUT2D eigenvalue weighted by atomic mass is 10.2. The highest BCUT2D eigenvalue weighted by Gasteiger charge is 2.20. The molecule has 0 saturated carbocycles. The summed E-state index contributed by atoms with van der Waals surface area (Å²) in [6.45, 7) is 2.83. The van der Waals surface area contributed by atoms with Gasteiger partial charge in [-0.05, 0) is 24.6 Å². The van der Waals surface area contributed by atoms with Gasteiger partial charge in [0, 0.05) is 19.3 Å². The van der Waals surface area contributed by atoms with Gasteiger partial charge in [-0.25, -0.2) is 8.42 Å². The molecule has 0 amide bonds. The van der Waals surface area contributed by atoms with Crippen LogP contribution in [0.15, 0.2) is 35.5 Å². The Morgan fingerprint density at radius 2 is 2.19 bits per heavy atom. The van der Waals surface area contributed by atoms with Crippen LogP contribution < -0.4 is 15.2 Å². The number of nitrogens with two attached hydrogens (primary N) is 1. The smallest absolute Gasteiger partial charge is 0.265 e. The van der Waals surface area contributed by atoms with Gasteiger partial charge in [0.2, 0.25) is 0 Å². The first-order chi connectivity index (χ1) is 10.00. The summed E-state index contributed by atoms with van der Waals surface area (Å²) in [5.74, 6) is 0.266. The van der Waals surface area contributed by atoms with Gasteiger partial charge in [-0.3, -0.25) is 9.40 Å². The molecule has 8 heteroatoms. The van der Waals surface area contributed by atoms with E-state index in [1.54, 1.807) is 23.0 Å². The van der Waals surface area contributed by atoms with E-state index in [1.165, 1.54) is 19.4 Å². The average molecular weight is 310 g/mol. The number of ether oxygens (including phenoxy) is 1. The number of aryl methyl sites for hydroxylation is 1. The fourth-order valence-electron chi connectivity index (χ4n) is 1.86. The molecule has 2 rings (SSSR count). The molecular weight excluding hydrogens is 292 g/mol. The second-order valence-electron chi connectivity index (χ2n) is 4.38. The van der Waals surface area contributed by atoms with Crippen LogP contribution in [0, 0.1) is 0 Å². The summed E-state index contributed by atoms with van der Waals surface area (Å²) in [7, 11) is -2.35. The molecule has 0 spiro atoms. The Kier molecular flexibility index (Phi) is 4.49. The maximum atomic E-state index is 12.5. The van der Waals surface area contributed by atoms with Crippen molar-refractivity contribution >= 4 is 15.7 Å². The summed E-state index contributed by atoms with van der Waals surface area (Å²) in [5.41, 5.74) is 6.67. The minimum absolute atomic E-state index is 0.0530. The Bertz CT molecular complexity index is 725. The molecule has 1 aromatic heterocycles. The minimum atomic E-state index is -3.77. The third kappa shape index (κ3) is 3.34. The van der Waals surface area contributed by atoms with Crippen LogP contribution in [0.2, 0.25) is 0 Å². The Morgan fingerprint density at radius 1 is 1.43 bits per heavy atom. The first-order valence-corrected chi connectivity index (χ1v) is 7.90. The summed E-state index contributed by atoms with van der Waals surface area (Å²) in [6, 6.07) is 4.82. The fourth-order valence-corrected chi connectivity index (χ4v) is 3.11. The molecule has 7 nitrogen and oxygen atoms in total. The standard InChI is InChI=1S/C13H18N4O3S/c1-3-17-9-11(8-15-17)16-21(18,19)13-6-10(7-14)4-5-12(13)20-2/h4-6,8-9,16H,3,7,14H2,1-2H3. The first kappa shape index (κ1) is 15.3. The summed E-state index contributed by atoms with van der Waals surface area (Å²) in [5, 5.41) is 4.03. The number of nitrogens with zero attached hydrogens (tertiary/aromatic N) is 2. The number of nitrogens with one attached hydrogen (secondary N) is 1. The predicted molar refractivity (Wildman–Crippen MR) is 79.6 cm³/mol. The maximum Gasteiger partial charge on any atom is 0.265 e. The van der Waals surface area contributed by atoms with Gasteiger partial charge in [0.15, 0.2) is 0 Å². The van der Waals surface area contributed by atoms with E-state index >= 15 is 0 Å². The summed E-state index contributed by atoms with van der Waals surface area (Å²) in [6.07, 6.45) is 3.08. The van der Waals surface area contributed by atoms with E-state index in [0.717, 1.165) is 0 Å². The van der Waals surface area contributed by atoms with Crippen molar-refractivity contribution in [1.29, 1.82) is 0 Å². The predicted octanol–water partition coefficient (Wildman–Crippen LogP) is 1.17. The SMILES string of the molecule is CCn1cc(NS(=O)(=O)c2cc(CN)ccc2OC)cn1. The quantitative estimate of drug-likeness (QED) is 0.834. The highest BCUT2D eigenvalue weighted by atomic mass is 32.2. The zero-order chi connectivity index (χ0) is 15.5. The lowest BCUT2D eigenvalue weighted by molar-refractivity contribution is 0.402. The van der Waals surface area contributed by atoms with Crippen molar-refractivity contribution in [2.75, 3.05) is 11.8 Å². The van der Waals surface area contributed by atoms with Gasteiger partial charge in [-0.2, -0.15) is 5.10 Å². The molecule has 0 aliphatic heterocycles. The Balaban J connectivity index is 2.38. The van der Waals surface area contributed by atoms with Crippen LogP contribution in [0.4, 0.5) is 5.69 Å². The highest BCUT2D eigenvalue weighted by Crippen LogP contribution is 2.26. The highest BCUT2D eigenvalue weighted by molar-refractivity contribution is 7.92. The van der Waals surface area contributed by atoms with Crippen LogP contribution in [0.25, 0.3) is 0 Å². The molecule has 0 fully saturated rings. The van der Waals surface area contributed by atoms with Crippen LogP contribution in [0.5, 0.6) is 5.75 Å². The van der Waals surface area contributed by atoms with E-state index in [0.29, 0.717) is 17.8 Å². The lowest BCUT2D eigenvalue weighted by Gasteiger charge is -2.11. The van der Waals surface area contributed by atoms with E-state index in [9.17, 15) is 8.42 Å². The number of rotatable bonds is 6. The van der Waals surface area contributed by atoms with Crippen LogP contribution in [0.1, 0.15) is 12.5 Å². The van der Waals surface area contributed by atoms with Gasteiger partial charge in [0.1, 0.15) is 10.6 Å². The van der Waals surface area contributed by atoms with Gasteiger partial charge < -0.3 is 10.5 Å². The zero-order valence-electron chi connectivity index (χ0n) is 11.9. The second-order valence-corrected chi connectivity index (χ2v) is 6.03. The molecule has 0 unspecified atom stereocenters. The maximum absolute atomic E-state index is 12.5. The minimum Gasteiger partial charge on any atom is -0.495 e. The van der Waals surface area contributed by atoms with Crippen LogP contribution in [0.3, 0.4) is 0 Å². The third-order valence-corrected chi connectivity index (χ3v) is 4.37. The van der Waals surface area contributed by atoms with E-state index in [2.05, 4.69) is 9.82 Å². The molecule has 0 aliphatic rings. The Hall–Kier alpha value is -2.06. The van der Waals surface area contributed by atoms with E-state index in [1.807, 2.05) is 6.92 Å². The molecule has 114 valence electrons. The normalized spacial score (nSPS) is 11.4.